The molecule has 0 heterocycles. The number of carboxylic acid groups (broad SMARTS) is 1. The molecule has 2 rings (SSSR count). The fourth-order valence-corrected chi connectivity index (χ4v) is 3.54. The highest BCUT2D eigenvalue weighted by molar-refractivity contribution is 6.00. The van der Waals surface area contributed by atoms with E-state index in [1.54, 1.807) is 24.3 Å². The number of carbonyl (C=O) groups is 4. The first-order valence-corrected chi connectivity index (χ1v) is 12.0. The Hall–Kier alpha value is -4.18. The van der Waals surface area contributed by atoms with Gasteiger partial charge in [-0.2, -0.15) is 0 Å². The third-order valence-corrected chi connectivity index (χ3v) is 5.27. The number of amides is 4. The average Bonchev–Trinajstić information content (AvgIpc) is 2.81. The van der Waals surface area contributed by atoms with Crippen LogP contribution in [0.2, 0.25) is 0 Å². The van der Waals surface area contributed by atoms with Gasteiger partial charge in [-0.05, 0) is 48.6 Å². The number of nitrogens with one attached hydrogen (secondary N) is 4. The predicted octanol–water partition coefficient (Wildman–Crippen LogP) is 3.32. The van der Waals surface area contributed by atoms with Crippen molar-refractivity contribution in [1.82, 2.24) is 15.8 Å². The molecule has 0 aliphatic heterocycles. The van der Waals surface area contributed by atoms with Crippen LogP contribution in [0.5, 0.6) is 0 Å². The van der Waals surface area contributed by atoms with Gasteiger partial charge in [-0.25, -0.2) is 9.80 Å². The minimum absolute atomic E-state index is 0.0308. The summed E-state index contributed by atoms with van der Waals surface area (Å²) in [5.41, 5.74) is 5.47. The molecule has 10 heteroatoms. The minimum atomic E-state index is -1.10. The Morgan fingerprint density at radius 2 is 1.70 bits per heavy atom. The second-order valence-electron chi connectivity index (χ2n) is 9.06. The third kappa shape index (κ3) is 10.5. The van der Waals surface area contributed by atoms with Gasteiger partial charge in [0.05, 0.1) is 6.42 Å². The molecule has 0 radical (unpaired) electrons. The van der Waals surface area contributed by atoms with Crippen molar-refractivity contribution < 1.29 is 24.3 Å². The maximum atomic E-state index is 12.8. The monoisotopic (exact) mass is 509 g/mol. The molecule has 0 saturated heterocycles. The summed E-state index contributed by atoms with van der Waals surface area (Å²) in [5.74, 6) is -1.84. The van der Waals surface area contributed by atoms with Crippen LogP contribution in [0.25, 0.3) is 0 Å². The van der Waals surface area contributed by atoms with Crippen molar-refractivity contribution >= 4 is 35.2 Å². The lowest BCUT2D eigenvalue weighted by Gasteiger charge is -2.25. The second kappa shape index (κ2) is 14.4. The SMILES string of the molecule is C=CCN(CC(=O)O)NC(=O)[C@H](CC(C)C)NC(=O)Cc1ccc(NC(=O)Nc2ccccc2C)cc1. The Balaban J connectivity index is 1.95. The number of carbonyl (C=O) groups excluding carboxylic acids is 3. The molecular weight excluding hydrogens is 474 g/mol. The fourth-order valence-electron chi connectivity index (χ4n) is 3.54. The predicted molar refractivity (Wildman–Crippen MR) is 143 cm³/mol. The first-order valence-electron chi connectivity index (χ1n) is 12.0. The molecule has 0 saturated carbocycles. The van der Waals surface area contributed by atoms with Crippen LogP contribution in [0.1, 0.15) is 31.4 Å². The summed E-state index contributed by atoms with van der Waals surface area (Å²) in [6.45, 7) is 9.06. The molecule has 0 spiro atoms. The number of benzene rings is 2. The maximum Gasteiger partial charge on any atom is 0.323 e. The number of hydrogen-bond donors (Lipinski definition) is 5. The van der Waals surface area contributed by atoms with Crippen LogP contribution < -0.4 is 21.4 Å². The Bertz CT molecular complexity index is 1100. The van der Waals surface area contributed by atoms with Gasteiger partial charge >= 0.3 is 12.0 Å². The largest absolute Gasteiger partial charge is 0.480 e. The van der Waals surface area contributed by atoms with Crippen molar-refractivity contribution in [3.05, 3.63) is 72.3 Å². The van der Waals surface area contributed by atoms with Crippen LogP contribution in [0.4, 0.5) is 16.2 Å². The van der Waals surface area contributed by atoms with Crippen LogP contribution in [0, 0.1) is 12.8 Å². The first-order chi connectivity index (χ1) is 17.6. The van der Waals surface area contributed by atoms with Gasteiger partial charge in [0.25, 0.3) is 5.91 Å². The molecule has 5 N–H and O–H groups in total. The van der Waals surface area contributed by atoms with Crippen molar-refractivity contribution in [3.8, 4) is 0 Å². The lowest BCUT2D eigenvalue weighted by molar-refractivity contribution is -0.141. The van der Waals surface area contributed by atoms with Crippen LogP contribution in [0.3, 0.4) is 0 Å². The molecule has 198 valence electrons. The summed E-state index contributed by atoms with van der Waals surface area (Å²) in [7, 11) is 0. The van der Waals surface area contributed by atoms with E-state index in [9.17, 15) is 19.2 Å². The van der Waals surface area contributed by atoms with Crippen LogP contribution >= 0.6 is 0 Å². The summed E-state index contributed by atoms with van der Waals surface area (Å²) < 4.78 is 0. The summed E-state index contributed by atoms with van der Waals surface area (Å²) in [6.07, 6.45) is 1.89. The highest BCUT2D eigenvalue weighted by Gasteiger charge is 2.24. The van der Waals surface area contributed by atoms with Gasteiger partial charge in [0.2, 0.25) is 5.91 Å². The number of hydrazine groups is 1. The molecule has 0 aliphatic carbocycles. The zero-order chi connectivity index (χ0) is 27.4. The van der Waals surface area contributed by atoms with E-state index < -0.39 is 24.5 Å². The van der Waals surface area contributed by atoms with Crippen molar-refractivity contribution in [2.75, 3.05) is 23.7 Å². The fraction of sp³-hybridized carbons (Fsp3) is 0.333. The van der Waals surface area contributed by atoms with Gasteiger partial charge in [0, 0.05) is 17.9 Å². The van der Waals surface area contributed by atoms with Gasteiger partial charge in [0.1, 0.15) is 12.6 Å². The number of para-hydroxylation sites is 1. The molecule has 1 atom stereocenters. The Labute approximate surface area is 217 Å². The van der Waals surface area contributed by atoms with E-state index in [1.165, 1.54) is 11.1 Å². The number of nitrogens with zero attached hydrogens (tertiary/aromatic N) is 1. The molecule has 2 aromatic rings. The Morgan fingerprint density at radius 1 is 1.03 bits per heavy atom. The molecule has 2 aromatic carbocycles. The Morgan fingerprint density at radius 3 is 2.30 bits per heavy atom. The van der Waals surface area contributed by atoms with E-state index in [-0.39, 0.29) is 30.8 Å². The highest BCUT2D eigenvalue weighted by Crippen LogP contribution is 2.15. The summed E-state index contributed by atoms with van der Waals surface area (Å²) in [4.78, 5) is 48.8. The van der Waals surface area contributed by atoms with Crippen molar-refractivity contribution in [3.63, 3.8) is 0 Å². The van der Waals surface area contributed by atoms with Gasteiger partial charge in [-0.3, -0.25) is 19.8 Å². The number of rotatable bonds is 13. The topological polar surface area (TPSA) is 140 Å². The number of aliphatic carboxylic acids is 1. The summed E-state index contributed by atoms with van der Waals surface area (Å²) in [6, 6.07) is 13.1. The third-order valence-electron chi connectivity index (χ3n) is 5.27. The Kier molecular flexibility index (Phi) is 11.3. The normalized spacial score (nSPS) is 11.5. The van der Waals surface area contributed by atoms with Crippen LogP contribution in [-0.4, -0.2) is 53.1 Å². The number of hydrogen-bond acceptors (Lipinski definition) is 5. The van der Waals surface area contributed by atoms with E-state index >= 15 is 0 Å². The molecule has 10 nitrogen and oxygen atoms in total. The smallest absolute Gasteiger partial charge is 0.323 e. The number of aryl methyl sites for hydroxylation is 1. The molecule has 0 fully saturated rings. The van der Waals surface area contributed by atoms with Crippen molar-refractivity contribution in [2.24, 2.45) is 5.92 Å². The number of carboxylic acids is 1. The zero-order valence-electron chi connectivity index (χ0n) is 21.4. The van der Waals surface area contributed by atoms with E-state index in [4.69, 9.17) is 5.11 Å². The van der Waals surface area contributed by atoms with Crippen molar-refractivity contribution in [1.29, 1.82) is 0 Å². The molecule has 0 unspecified atom stereocenters. The molecule has 0 bridgehead atoms. The van der Waals surface area contributed by atoms with Gasteiger partial charge in [-0.1, -0.05) is 50.3 Å². The van der Waals surface area contributed by atoms with E-state index in [0.717, 1.165) is 5.56 Å². The number of anilines is 2. The van der Waals surface area contributed by atoms with Crippen molar-refractivity contribution in [2.45, 2.75) is 39.7 Å². The van der Waals surface area contributed by atoms with E-state index in [1.807, 2.05) is 45.0 Å². The maximum absolute atomic E-state index is 12.8. The molecule has 0 aliphatic rings. The number of urea groups is 1. The molecule has 0 aromatic heterocycles. The first kappa shape index (κ1) is 29.1. The molecule has 37 heavy (non-hydrogen) atoms. The van der Waals surface area contributed by atoms with Gasteiger partial charge in [0.15, 0.2) is 0 Å². The highest BCUT2D eigenvalue weighted by atomic mass is 16.4. The standard InChI is InChI=1S/C27H35N5O5/c1-5-14-32(17-25(34)35)31-26(36)23(15-18(2)3)29-24(33)16-20-10-12-21(13-11-20)28-27(37)30-22-9-7-6-8-19(22)4/h5-13,18,23H,1,14-17H2,2-4H3,(H,29,33)(H,31,36)(H,34,35)(H2,28,30,37)/t23-/m0/s1. The lowest BCUT2D eigenvalue weighted by Crippen LogP contribution is -2.54. The van der Waals surface area contributed by atoms with E-state index in [0.29, 0.717) is 23.4 Å². The lowest BCUT2D eigenvalue weighted by atomic mass is 10.0. The van der Waals surface area contributed by atoms with E-state index in [2.05, 4.69) is 28.0 Å². The molecule has 4 amide bonds. The second-order valence-corrected chi connectivity index (χ2v) is 9.06. The van der Waals surface area contributed by atoms with Crippen LogP contribution in [0.15, 0.2) is 61.2 Å². The van der Waals surface area contributed by atoms with Crippen LogP contribution in [-0.2, 0) is 20.8 Å². The zero-order valence-corrected chi connectivity index (χ0v) is 21.4. The van der Waals surface area contributed by atoms with Gasteiger partial charge < -0.3 is 21.1 Å². The quantitative estimate of drug-likeness (QED) is 0.207. The summed E-state index contributed by atoms with van der Waals surface area (Å²) >= 11 is 0. The van der Waals surface area contributed by atoms with Gasteiger partial charge in [-0.15, -0.1) is 6.58 Å². The minimum Gasteiger partial charge on any atom is -0.480 e. The summed E-state index contributed by atoms with van der Waals surface area (Å²) in [5, 5.41) is 18.5. The average molecular weight is 510 g/mol. The molecular formula is C27H35N5O5.